The fraction of sp³-hybridized carbons (Fsp3) is 0.375. The van der Waals surface area contributed by atoms with E-state index in [-0.39, 0.29) is 0 Å². The summed E-state index contributed by atoms with van der Waals surface area (Å²) in [5, 5.41) is 0. The number of halogens is 1. The number of nitrogens with zero attached hydrogens (tertiary/aromatic N) is 2. The first-order chi connectivity index (χ1) is 9.65. The van der Waals surface area contributed by atoms with Crippen molar-refractivity contribution in [3.63, 3.8) is 0 Å². The molecule has 1 aromatic heterocycles. The molecule has 0 aliphatic rings. The molecule has 0 aliphatic carbocycles. The van der Waals surface area contributed by atoms with Crippen molar-refractivity contribution >= 4 is 11.6 Å². The normalized spacial score (nSPS) is 12.2. The Labute approximate surface area is 125 Å². The van der Waals surface area contributed by atoms with Crippen molar-refractivity contribution in [2.45, 2.75) is 39.0 Å². The maximum absolute atomic E-state index is 5.85. The molecular formula is C16H19ClN2O. The zero-order chi connectivity index (χ0) is 14.5. The predicted octanol–water partition coefficient (Wildman–Crippen LogP) is 4.83. The van der Waals surface area contributed by atoms with E-state index >= 15 is 0 Å². The van der Waals surface area contributed by atoms with Gasteiger partial charge in [-0.25, -0.2) is 4.98 Å². The molecular weight excluding hydrogens is 272 g/mol. The minimum absolute atomic E-state index is 0.368. The molecule has 2 aromatic rings. The maximum Gasteiger partial charge on any atom is 0.322 e. The first-order valence-electron chi connectivity index (χ1n) is 6.81. The van der Waals surface area contributed by atoms with Crippen molar-refractivity contribution in [2.24, 2.45) is 0 Å². The number of alkyl halides is 1. The molecule has 106 valence electrons. The number of hydrogen-bond acceptors (Lipinski definition) is 3. The topological polar surface area (TPSA) is 35.0 Å². The largest absolute Gasteiger partial charge is 0.424 e. The van der Waals surface area contributed by atoms with Gasteiger partial charge in [0.05, 0.1) is 5.88 Å². The van der Waals surface area contributed by atoms with Gasteiger partial charge in [-0.3, -0.25) is 0 Å². The van der Waals surface area contributed by atoms with Crippen molar-refractivity contribution in [3.05, 3.63) is 47.3 Å². The highest BCUT2D eigenvalue weighted by Gasteiger charge is 2.12. The van der Waals surface area contributed by atoms with Crippen LogP contribution in [0.15, 0.2) is 30.5 Å². The van der Waals surface area contributed by atoms with Crippen LogP contribution in [-0.4, -0.2) is 9.97 Å². The lowest BCUT2D eigenvalue weighted by atomic mass is 9.98. The summed E-state index contributed by atoms with van der Waals surface area (Å²) in [4.78, 5) is 8.56. The van der Waals surface area contributed by atoms with E-state index in [2.05, 4.69) is 29.9 Å². The lowest BCUT2D eigenvalue weighted by molar-refractivity contribution is 0.430. The second kappa shape index (κ2) is 6.71. The fourth-order valence-electron chi connectivity index (χ4n) is 1.95. The average Bonchev–Trinajstić information content (AvgIpc) is 2.47. The van der Waals surface area contributed by atoms with Gasteiger partial charge in [0, 0.05) is 17.5 Å². The van der Waals surface area contributed by atoms with E-state index in [1.54, 1.807) is 6.20 Å². The van der Waals surface area contributed by atoms with Crippen molar-refractivity contribution < 1.29 is 4.74 Å². The second-order valence-electron chi connectivity index (χ2n) is 4.85. The highest BCUT2D eigenvalue weighted by molar-refractivity contribution is 6.17. The molecule has 1 heterocycles. The van der Waals surface area contributed by atoms with Gasteiger partial charge in [-0.2, -0.15) is 4.98 Å². The summed E-state index contributed by atoms with van der Waals surface area (Å²) < 4.78 is 5.85. The molecule has 3 nitrogen and oxygen atoms in total. The molecule has 0 saturated heterocycles. The van der Waals surface area contributed by atoms with Gasteiger partial charge in [-0.05, 0) is 30.9 Å². The number of aromatic nitrogens is 2. The van der Waals surface area contributed by atoms with E-state index in [9.17, 15) is 0 Å². The molecule has 1 unspecified atom stereocenters. The molecule has 0 fully saturated rings. The van der Waals surface area contributed by atoms with Crippen molar-refractivity contribution in [1.82, 2.24) is 9.97 Å². The molecule has 0 saturated carbocycles. The summed E-state index contributed by atoms with van der Waals surface area (Å²) in [6.45, 7) is 6.26. The Balaban J connectivity index is 2.28. The second-order valence-corrected chi connectivity index (χ2v) is 5.11. The Bertz CT molecular complexity index is 586. The maximum atomic E-state index is 5.85. The van der Waals surface area contributed by atoms with Crippen LogP contribution in [0.25, 0.3) is 0 Å². The van der Waals surface area contributed by atoms with Gasteiger partial charge in [0.2, 0.25) is 0 Å². The van der Waals surface area contributed by atoms with E-state index in [4.69, 9.17) is 16.3 Å². The quantitative estimate of drug-likeness (QED) is 0.740. The Morgan fingerprint density at radius 2 is 2.05 bits per heavy atom. The monoisotopic (exact) mass is 290 g/mol. The van der Waals surface area contributed by atoms with Crippen LogP contribution in [0.5, 0.6) is 11.8 Å². The summed E-state index contributed by atoms with van der Waals surface area (Å²) in [7, 11) is 0. The lowest BCUT2D eigenvalue weighted by Crippen LogP contribution is -2.00. The summed E-state index contributed by atoms with van der Waals surface area (Å²) >= 11 is 5.81. The average molecular weight is 291 g/mol. The lowest BCUT2D eigenvalue weighted by Gasteiger charge is -2.14. The first kappa shape index (κ1) is 14.8. The van der Waals surface area contributed by atoms with E-state index < -0.39 is 0 Å². The number of benzene rings is 1. The molecule has 4 heteroatoms. The molecule has 2 rings (SSSR count). The van der Waals surface area contributed by atoms with Crippen LogP contribution in [0.4, 0.5) is 0 Å². The van der Waals surface area contributed by atoms with Crippen LogP contribution in [0.2, 0.25) is 0 Å². The minimum atomic E-state index is 0.368. The third-order valence-electron chi connectivity index (χ3n) is 3.47. The predicted molar refractivity (Wildman–Crippen MR) is 81.5 cm³/mol. The number of aryl methyl sites for hydroxylation is 1. The van der Waals surface area contributed by atoms with Crippen LogP contribution in [0.1, 0.15) is 43.0 Å². The van der Waals surface area contributed by atoms with Gasteiger partial charge < -0.3 is 4.74 Å². The first-order valence-corrected chi connectivity index (χ1v) is 7.34. The Morgan fingerprint density at radius 3 is 2.70 bits per heavy atom. The standard InChI is InChI=1S/C16H19ClN2O/c1-4-11(2)14-7-5-6-8-15(14)20-16-18-10-13(9-17)12(3)19-16/h5-8,10-11H,4,9H2,1-3H3. The zero-order valence-corrected chi connectivity index (χ0v) is 12.8. The number of ether oxygens (including phenoxy) is 1. The molecule has 1 aromatic carbocycles. The highest BCUT2D eigenvalue weighted by Crippen LogP contribution is 2.30. The van der Waals surface area contributed by atoms with E-state index in [1.807, 2.05) is 25.1 Å². The SMILES string of the molecule is CCC(C)c1ccccc1Oc1ncc(CCl)c(C)n1. The Kier molecular flexibility index (Phi) is 4.96. The molecule has 0 amide bonds. The van der Waals surface area contributed by atoms with Gasteiger partial charge in [0.1, 0.15) is 5.75 Å². The van der Waals surface area contributed by atoms with Crippen LogP contribution in [0, 0.1) is 6.92 Å². The Hall–Kier alpha value is -1.61. The van der Waals surface area contributed by atoms with Crippen molar-refractivity contribution in [2.75, 3.05) is 0 Å². The molecule has 1 atom stereocenters. The molecule has 0 bridgehead atoms. The van der Waals surface area contributed by atoms with Crippen molar-refractivity contribution in [3.8, 4) is 11.8 Å². The van der Waals surface area contributed by atoms with Gasteiger partial charge in [-0.15, -0.1) is 11.6 Å². The van der Waals surface area contributed by atoms with Gasteiger partial charge in [-0.1, -0.05) is 32.0 Å². The van der Waals surface area contributed by atoms with E-state index in [0.29, 0.717) is 17.8 Å². The highest BCUT2D eigenvalue weighted by atomic mass is 35.5. The van der Waals surface area contributed by atoms with Gasteiger partial charge >= 0.3 is 6.01 Å². The van der Waals surface area contributed by atoms with E-state index in [0.717, 1.165) is 23.4 Å². The molecule has 20 heavy (non-hydrogen) atoms. The van der Waals surface area contributed by atoms with Gasteiger partial charge in [0.15, 0.2) is 0 Å². The van der Waals surface area contributed by atoms with Crippen LogP contribution >= 0.6 is 11.6 Å². The number of para-hydroxylation sites is 1. The van der Waals surface area contributed by atoms with Crippen LogP contribution < -0.4 is 4.74 Å². The summed E-state index contributed by atoms with van der Waals surface area (Å²) in [5.41, 5.74) is 2.96. The third kappa shape index (κ3) is 3.28. The number of rotatable bonds is 5. The summed E-state index contributed by atoms with van der Waals surface area (Å²) in [6, 6.07) is 8.39. The third-order valence-corrected chi connectivity index (χ3v) is 3.75. The van der Waals surface area contributed by atoms with Crippen molar-refractivity contribution in [1.29, 1.82) is 0 Å². The molecule has 0 radical (unpaired) electrons. The fourth-order valence-corrected chi connectivity index (χ4v) is 2.21. The van der Waals surface area contributed by atoms with Crippen LogP contribution in [-0.2, 0) is 5.88 Å². The van der Waals surface area contributed by atoms with E-state index in [1.165, 1.54) is 5.56 Å². The summed E-state index contributed by atoms with van der Waals surface area (Å²) in [5.74, 6) is 1.67. The van der Waals surface area contributed by atoms with Crippen LogP contribution in [0.3, 0.4) is 0 Å². The smallest absolute Gasteiger partial charge is 0.322 e. The summed E-state index contributed by atoms with van der Waals surface area (Å²) in [6.07, 6.45) is 2.78. The molecule has 0 N–H and O–H groups in total. The Morgan fingerprint density at radius 1 is 1.30 bits per heavy atom. The zero-order valence-electron chi connectivity index (χ0n) is 12.1. The number of hydrogen-bond donors (Lipinski definition) is 0. The molecule has 0 spiro atoms. The minimum Gasteiger partial charge on any atom is -0.424 e. The van der Waals surface area contributed by atoms with Gasteiger partial charge in [0.25, 0.3) is 0 Å². The molecule has 0 aliphatic heterocycles.